The summed E-state index contributed by atoms with van der Waals surface area (Å²) in [6, 6.07) is 7.41. The van der Waals surface area contributed by atoms with Crippen molar-refractivity contribution in [3.63, 3.8) is 0 Å². The van der Waals surface area contributed by atoms with Gasteiger partial charge in [0.1, 0.15) is 0 Å². The zero-order valence-electron chi connectivity index (χ0n) is 5.93. The van der Waals surface area contributed by atoms with Gasteiger partial charge in [0, 0.05) is 11.6 Å². The van der Waals surface area contributed by atoms with Gasteiger partial charge < -0.3 is 5.73 Å². The molecule has 1 aromatic rings. The highest BCUT2D eigenvalue weighted by atomic mass is 35.5. The van der Waals surface area contributed by atoms with Gasteiger partial charge >= 0.3 is 0 Å². The number of hydrogen-bond donors (Lipinski definition) is 1. The third kappa shape index (κ3) is 2.37. The third-order valence-electron chi connectivity index (χ3n) is 1.42. The molecule has 1 atom stereocenters. The van der Waals surface area contributed by atoms with Crippen LogP contribution in [0.1, 0.15) is 10.9 Å². The second-order valence-corrected chi connectivity index (χ2v) is 3.22. The van der Waals surface area contributed by atoms with Crippen LogP contribution in [0.4, 0.5) is 0 Å². The largest absolute Gasteiger partial charge is 0.329 e. The van der Waals surface area contributed by atoms with Crippen LogP contribution in [-0.4, -0.2) is 6.54 Å². The van der Waals surface area contributed by atoms with Gasteiger partial charge in [-0.3, -0.25) is 0 Å². The fourth-order valence-electron chi connectivity index (χ4n) is 0.838. The normalized spacial score (nSPS) is 13.0. The maximum Gasteiger partial charge on any atom is 0.0708 e. The SMILES string of the molecule is NCC(Cl)c1cccc(Cl)c1. The molecule has 0 bridgehead atoms. The minimum atomic E-state index is -0.131. The van der Waals surface area contributed by atoms with Gasteiger partial charge in [-0.1, -0.05) is 23.7 Å². The van der Waals surface area contributed by atoms with Crippen LogP contribution in [0.25, 0.3) is 0 Å². The number of alkyl halides is 1. The average Bonchev–Trinajstić information content (AvgIpc) is 2.03. The predicted octanol–water partition coefficient (Wildman–Crippen LogP) is 2.58. The molecule has 0 fully saturated rings. The maximum atomic E-state index is 5.88. The van der Waals surface area contributed by atoms with Crippen LogP contribution in [0.3, 0.4) is 0 Å². The average molecular weight is 190 g/mol. The zero-order chi connectivity index (χ0) is 8.27. The lowest BCUT2D eigenvalue weighted by Crippen LogP contribution is -2.06. The molecule has 0 heterocycles. The Hall–Kier alpha value is -0.240. The molecular weight excluding hydrogens is 181 g/mol. The summed E-state index contributed by atoms with van der Waals surface area (Å²) in [6.45, 7) is 0.432. The maximum absolute atomic E-state index is 5.88. The Kier molecular flexibility index (Phi) is 3.18. The zero-order valence-corrected chi connectivity index (χ0v) is 7.44. The minimum absolute atomic E-state index is 0.131. The first-order valence-corrected chi connectivity index (χ1v) is 4.15. The highest BCUT2D eigenvalue weighted by molar-refractivity contribution is 6.30. The highest BCUT2D eigenvalue weighted by Gasteiger charge is 2.04. The van der Waals surface area contributed by atoms with Crippen molar-refractivity contribution in [2.45, 2.75) is 5.38 Å². The van der Waals surface area contributed by atoms with E-state index in [9.17, 15) is 0 Å². The summed E-state index contributed by atoms with van der Waals surface area (Å²) >= 11 is 11.6. The number of halogens is 2. The van der Waals surface area contributed by atoms with E-state index in [0.29, 0.717) is 11.6 Å². The van der Waals surface area contributed by atoms with Gasteiger partial charge in [0.2, 0.25) is 0 Å². The summed E-state index contributed by atoms with van der Waals surface area (Å²) in [5.74, 6) is 0. The topological polar surface area (TPSA) is 26.0 Å². The smallest absolute Gasteiger partial charge is 0.0708 e. The molecule has 0 aliphatic rings. The molecule has 2 N–H and O–H groups in total. The first-order chi connectivity index (χ1) is 5.24. The first-order valence-electron chi connectivity index (χ1n) is 3.33. The van der Waals surface area contributed by atoms with Crippen LogP contribution in [0.5, 0.6) is 0 Å². The van der Waals surface area contributed by atoms with E-state index in [4.69, 9.17) is 28.9 Å². The summed E-state index contributed by atoms with van der Waals surface area (Å²) in [4.78, 5) is 0. The van der Waals surface area contributed by atoms with Gasteiger partial charge in [0.25, 0.3) is 0 Å². The molecule has 1 rings (SSSR count). The fourth-order valence-corrected chi connectivity index (χ4v) is 1.17. The molecule has 1 aromatic carbocycles. The fraction of sp³-hybridized carbons (Fsp3) is 0.250. The van der Waals surface area contributed by atoms with Crippen molar-refractivity contribution in [2.24, 2.45) is 5.73 Å². The molecule has 1 nitrogen and oxygen atoms in total. The van der Waals surface area contributed by atoms with Crippen molar-refractivity contribution in [1.82, 2.24) is 0 Å². The molecular formula is C8H9Cl2N. The van der Waals surface area contributed by atoms with Crippen LogP contribution < -0.4 is 5.73 Å². The van der Waals surface area contributed by atoms with Crippen LogP contribution in [0.15, 0.2) is 24.3 Å². The molecule has 0 aromatic heterocycles. The van der Waals surface area contributed by atoms with Gasteiger partial charge in [-0.25, -0.2) is 0 Å². The Morgan fingerprint density at radius 2 is 2.18 bits per heavy atom. The second kappa shape index (κ2) is 3.96. The van der Waals surface area contributed by atoms with E-state index in [2.05, 4.69) is 0 Å². The molecule has 0 saturated heterocycles. The molecule has 11 heavy (non-hydrogen) atoms. The third-order valence-corrected chi connectivity index (χ3v) is 2.08. The molecule has 60 valence electrons. The van der Waals surface area contributed by atoms with Crippen molar-refractivity contribution in [3.05, 3.63) is 34.9 Å². The standard InChI is InChI=1S/C8H9Cl2N/c9-7-3-1-2-6(4-7)8(10)5-11/h1-4,8H,5,11H2. The molecule has 0 aliphatic heterocycles. The second-order valence-electron chi connectivity index (χ2n) is 2.26. The van der Waals surface area contributed by atoms with E-state index in [-0.39, 0.29) is 5.38 Å². The number of benzene rings is 1. The van der Waals surface area contributed by atoms with Crippen LogP contribution in [0, 0.1) is 0 Å². The number of nitrogens with two attached hydrogens (primary N) is 1. The van der Waals surface area contributed by atoms with Gasteiger partial charge in [-0.05, 0) is 17.7 Å². The van der Waals surface area contributed by atoms with Gasteiger partial charge in [0.05, 0.1) is 5.38 Å². The van der Waals surface area contributed by atoms with Crippen molar-refractivity contribution >= 4 is 23.2 Å². The van der Waals surface area contributed by atoms with E-state index < -0.39 is 0 Å². The number of hydrogen-bond acceptors (Lipinski definition) is 1. The van der Waals surface area contributed by atoms with Crippen molar-refractivity contribution in [2.75, 3.05) is 6.54 Å². The Bertz CT molecular complexity index is 237. The van der Waals surface area contributed by atoms with Crippen LogP contribution in [-0.2, 0) is 0 Å². The highest BCUT2D eigenvalue weighted by Crippen LogP contribution is 2.21. The number of rotatable bonds is 2. The molecule has 0 amide bonds. The van der Waals surface area contributed by atoms with Crippen molar-refractivity contribution in [1.29, 1.82) is 0 Å². The van der Waals surface area contributed by atoms with Gasteiger partial charge in [-0.15, -0.1) is 11.6 Å². The summed E-state index contributed by atoms with van der Waals surface area (Å²) in [5.41, 5.74) is 6.35. The van der Waals surface area contributed by atoms with E-state index in [0.717, 1.165) is 5.56 Å². The Morgan fingerprint density at radius 1 is 1.45 bits per heavy atom. The lowest BCUT2D eigenvalue weighted by Gasteiger charge is -2.05. The van der Waals surface area contributed by atoms with E-state index >= 15 is 0 Å². The van der Waals surface area contributed by atoms with Crippen molar-refractivity contribution in [3.8, 4) is 0 Å². The predicted molar refractivity (Wildman–Crippen MR) is 49.1 cm³/mol. The Balaban J connectivity index is 2.86. The summed E-state index contributed by atoms with van der Waals surface area (Å²) in [7, 11) is 0. The van der Waals surface area contributed by atoms with E-state index in [1.54, 1.807) is 0 Å². The first kappa shape index (κ1) is 8.85. The van der Waals surface area contributed by atoms with Crippen LogP contribution in [0.2, 0.25) is 5.02 Å². The Morgan fingerprint density at radius 3 is 2.73 bits per heavy atom. The lowest BCUT2D eigenvalue weighted by molar-refractivity contribution is 0.931. The summed E-state index contributed by atoms with van der Waals surface area (Å²) < 4.78 is 0. The van der Waals surface area contributed by atoms with Gasteiger partial charge in [-0.2, -0.15) is 0 Å². The van der Waals surface area contributed by atoms with Crippen LogP contribution >= 0.6 is 23.2 Å². The molecule has 0 aliphatic carbocycles. The molecule has 0 radical (unpaired) electrons. The quantitative estimate of drug-likeness (QED) is 0.712. The molecule has 3 heteroatoms. The Labute approximate surface area is 76.1 Å². The van der Waals surface area contributed by atoms with Crippen molar-refractivity contribution < 1.29 is 0 Å². The van der Waals surface area contributed by atoms with E-state index in [1.807, 2.05) is 24.3 Å². The molecule has 1 unspecified atom stereocenters. The van der Waals surface area contributed by atoms with E-state index in [1.165, 1.54) is 0 Å². The molecule has 0 saturated carbocycles. The lowest BCUT2D eigenvalue weighted by atomic mass is 10.1. The molecule has 0 spiro atoms. The minimum Gasteiger partial charge on any atom is -0.329 e. The van der Waals surface area contributed by atoms with Gasteiger partial charge in [0.15, 0.2) is 0 Å². The summed E-state index contributed by atoms with van der Waals surface area (Å²) in [6.07, 6.45) is 0. The monoisotopic (exact) mass is 189 g/mol. The summed E-state index contributed by atoms with van der Waals surface area (Å²) in [5, 5.41) is 0.565.